The molecular weight excluding hydrogens is 695 g/mol. The van der Waals surface area contributed by atoms with Gasteiger partial charge in [-0.1, -0.05) is 164 Å². The van der Waals surface area contributed by atoms with E-state index in [1.807, 2.05) is 18.2 Å². The molecule has 0 spiro atoms. The fourth-order valence-corrected chi connectivity index (χ4v) is 9.19. The van der Waals surface area contributed by atoms with Crippen molar-refractivity contribution >= 4 is 93.3 Å². The summed E-state index contributed by atoms with van der Waals surface area (Å²) in [4.78, 5) is 2.48. The lowest BCUT2D eigenvalue weighted by Gasteiger charge is -2.31. The molecule has 12 aromatic rings. The van der Waals surface area contributed by atoms with E-state index >= 15 is 0 Å². The van der Waals surface area contributed by atoms with E-state index in [0.29, 0.717) is 0 Å². The summed E-state index contributed by atoms with van der Waals surface area (Å²) >= 11 is 0. The molecule has 57 heavy (non-hydrogen) atoms. The molecule has 12 rings (SSSR count). The Balaban J connectivity index is 1.24. The van der Waals surface area contributed by atoms with Gasteiger partial charge in [-0.2, -0.15) is 0 Å². The third-order valence-electron chi connectivity index (χ3n) is 11.6. The van der Waals surface area contributed by atoms with E-state index in [4.69, 9.17) is 8.83 Å². The van der Waals surface area contributed by atoms with E-state index in [1.165, 1.54) is 38.1 Å². The van der Waals surface area contributed by atoms with Gasteiger partial charge in [0.05, 0.1) is 16.8 Å². The maximum atomic E-state index is 6.60. The van der Waals surface area contributed by atoms with Crippen LogP contribution in [0.4, 0.5) is 17.1 Å². The molecule has 0 atom stereocenters. The summed E-state index contributed by atoms with van der Waals surface area (Å²) in [5.41, 5.74) is 11.1. The minimum absolute atomic E-state index is 0.846. The molecule has 2 aromatic heterocycles. The standard InChI is InChI=1S/C54H33NO2/c1-2-19-37-34(15-1)16-12-27-42(37)51-43-23-5-3-20-39(43)40-21-4-6-24-44(40)53(51)55(47-29-14-32-50-52(47)46-25-8-10-31-49(46)56-50)36-18-11-17-35(33-36)38-26-13-28-45-41-22-7-9-30-48(41)57-54(38)45/h1-33H. The van der Waals surface area contributed by atoms with Crippen LogP contribution < -0.4 is 4.90 Å². The lowest BCUT2D eigenvalue weighted by Crippen LogP contribution is -2.13. The van der Waals surface area contributed by atoms with Crippen LogP contribution in [0.5, 0.6) is 0 Å². The van der Waals surface area contributed by atoms with Crippen molar-refractivity contribution < 1.29 is 8.83 Å². The maximum Gasteiger partial charge on any atom is 0.143 e. The highest BCUT2D eigenvalue weighted by atomic mass is 16.3. The van der Waals surface area contributed by atoms with Crippen molar-refractivity contribution in [3.8, 4) is 22.3 Å². The van der Waals surface area contributed by atoms with Crippen LogP contribution in [0.25, 0.3) is 98.4 Å². The molecule has 3 heteroatoms. The summed E-state index contributed by atoms with van der Waals surface area (Å²) in [6, 6.07) is 71.6. The number of furan rings is 2. The third kappa shape index (κ3) is 4.79. The summed E-state index contributed by atoms with van der Waals surface area (Å²) < 4.78 is 13.2. The minimum Gasteiger partial charge on any atom is -0.456 e. The first-order valence-electron chi connectivity index (χ1n) is 19.4. The predicted octanol–water partition coefficient (Wildman–Crippen LogP) is 15.7. The van der Waals surface area contributed by atoms with Crippen LogP contribution in [-0.4, -0.2) is 0 Å². The van der Waals surface area contributed by atoms with Crippen molar-refractivity contribution in [2.75, 3.05) is 4.90 Å². The van der Waals surface area contributed by atoms with E-state index in [-0.39, 0.29) is 0 Å². The summed E-state index contributed by atoms with van der Waals surface area (Å²) in [6.07, 6.45) is 0. The molecule has 0 unspecified atom stereocenters. The smallest absolute Gasteiger partial charge is 0.143 e. The molecular formula is C54H33NO2. The Kier molecular flexibility index (Phi) is 6.93. The maximum absolute atomic E-state index is 6.60. The van der Waals surface area contributed by atoms with Crippen LogP contribution in [0.2, 0.25) is 0 Å². The number of hydrogen-bond acceptors (Lipinski definition) is 3. The van der Waals surface area contributed by atoms with Crippen LogP contribution >= 0.6 is 0 Å². The van der Waals surface area contributed by atoms with Gasteiger partial charge in [0.15, 0.2) is 0 Å². The molecule has 0 amide bonds. The second-order valence-corrected chi connectivity index (χ2v) is 14.8. The zero-order valence-corrected chi connectivity index (χ0v) is 30.8. The zero-order valence-electron chi connectivity index (χ0n) is 30.8. The van der Waals surface area contributed by atoms with Gasteiger partial charge >= 0.3 is 0 Å². The summed E-state index contributed by atoms with van der Waals surface area (Å²) in [6.45, 7) is 0. The number of hydrogen-bond donors (Lipinski definition) is 0. The molecule has 0 aliphatic heterocycles. The normalized spacial score (nSPS) is 11.9. The van der Waals surface area contributed by atoms with Crippen molar-refractivity contribution in [3.05, 3.63) is 200 Å². The fraction of sp³-hybridized carbons (Fsp3) is 0. The van der Waals surface area contributed by atoms with Gasteiger partial charge in [0.2, 0.25) is 0 Å². The quantitative estimate of drug-likeness (QED) is 0.165. The molecule has 3 nitrogen and oxygen atoms in total. The second kappa shape index (κ2) is 12.5. The number of fused-ring (bicyclic) bond motifs is 10. The third-order valence-corrected chi connectivity index (χ3v) is 11.6. The first kappa shape index (κ1) is 31.7. The Morgan fingerprint density at radius 1 is 0.351 bits per heavy atom. The van der Waals surface area contributed by atoms with E-state index in [9.17, 15) is 0 Å². The van der Waals surface area contributed by atoms with Crippen molar-refractivity contribution in [2.24, 2.45) is 0 Å². The van der Waals surface area contributed by atoms with Crippen LogP contribution in [0.1, 0.15) is 0 Å². The largest absolute Gasteiger partial charge is 0.456 e. The second-order valence-electron chi connectivity index (χ2n) is 14.8. The number of para-hydroxylation sites is 3. The highest BCUT2D eigenvalue weighted by Gasteiger charge is 2.27. The number of anilines is 3. The topological polar surface area (TPSA) is 29.5 Å². The van der Waals surface area contributed by atoms with E-state index in [1.54, 1.807) is 0 Å². The fourth-order valence-electron chi connectivity index (χ4n) is 9.19. The summed E-state index contributed by atoms with van der Waals surface area (Å²) in [7, 11) is 0. The first-order valence-corrected chi connectivity index (χ1v) is 19.4. The minimum atomic E-state index is 0.846. The molecule has 0 aliphatic rings. The van der Waals surface area contributed by atoms with Crippen molar-refractivity contribution in [3.63, 3.8) is 0 Å². The molecule has 0 bridgehead atoms. The van der Waals surface area contributed by atoms with Crippen molar-refractivity contribution in [1.29, 1.82) is 0 Å². The van der Waals surface area contributed by atoms with Gasteiger partial charge < -0.3 is 13.7 Å². The average molecular weight is 728 g/mol. The first-order chi connectivity index (χ1) is 28.3. The van der Waals surface area contributed by atoms with Gasteiger partial charge in [0, 0.05) is 38.4 Å². The highest BCUT2D eigenvalue weighted by Crippen LogP contribution is 2.53. The van der Waals surface area contributed by atoms with Crippen molar-refractivity contribution in [2.45, 2.75) is 0 Å². The number of nitrogens with zero attached hydrogens (tertiary/aromatic N) is 1. The van der Waals surface area contributed by atoms with Gasteiger partial charge in [-0.05, 0) is 74.5 Å². The molecule has 2 heterocycles. The van der Waals surface area contributed by atoms with E-state index < -0.39 is 0 Å². The van der Waals surface area contributed by atoms with Crippen molar-refractivity contribution in [1.82, 2.24) is 0 Å². The summed E-state index contributed by atoms with van der Waals surface area (Å²) in [5, 5.41) is 11.6. The monoisotopic (exact) mass is 727 g/mol. The summed E-state index contributed by atoms with van der Waals surface area (Å²) in [5.74, 6) is 0. The Bertz CT molecular complexity index is 3550. The Morgan fingerprint density at radius 3 is 1.75 bits per heavy atom. The van der Waals surface area contributed by atoms with Crippen LogP contribution in [0, 0.1) is 0 Å². The van der Waals surface area contributed by atoms with Crippen LogP contribution in [0.15, 0.2) is 209 Å². The molecule has 0 saturated heterocycles. The Labute approximate surface area is 328 Å². The molecule has 10 aromatic carbocycles. The van der Waals surface area contributed by atoms with Crippen LogP contribution in [0.3, 0.4) is 0 Å². The lowest BCUT2D eigenvalue weighted by atomic mass is 9.87. The molecule has 0 N–H and O–H groups in total. The molecule has 0 aliphatic carbocycles. The lowest BCUT2D eigenvalue weighted by molar-refractivity contribution is 0.669. The predicted molar refractivity (Wildman–Crippen MR) is 239 cm³/mol. The van der Waals surface area contributed by atoms with Crippen LogP contribution in [-0.2, 0) is 0 Å². The molecule has 0 fully saturated rings. The van der Waals surface area contributed by atoms with Gasteiger partial charge in [0.1, 0.15) is 22.3 Å². The van der Waals surface area contributed by atoms with Gasteiger partial charge in [0.25, 0.3) is 0 Å². The highest BCUT2D eigenvalue weighted by molar-refractivity contribution is 6.26. The van der Waals surface area contributed by atoms with Gasteiger partial charge in [-0.25, -0.2) is 0 Å². The van der Waals surface area contributed by atoms with E-state index in [0.717, 1.165) is 77.5 Å². The molecule has 0 radical (unpaired) electrons. The zero-order chi connectivity index (χ0) is 37.5. The SMILES string of the molecule is c1cc(-c2cccc3c2oc2ccccc23)cc(N(c2c(-c3cccc4ccccc34)c3ccccc3c3ccccc23)c2cccc3oc4ccccc4c23)c1. The Morgan fingerprint density at radius 2 is 0.912 bits per heavy atom. The Hall–Kier alpha value is -7.62. The molecule has 266 valence electrons. The van der Waals surface area contributed by atoms with Gasteiger partial charge in [-0.3, -0.25) is 0 Å². The van der Waals surface area contributed by atoms with E-state index in [2.05, 4.69) is 187 Å². The number of benzene rings is 10. The van der Waals surface area contributed by atoms with Gasteiger partial charge in [-0.15, -0.1) is 0 Å². The average Bonchev–Trinajstić information content (AvgIpc) is 3.86. The molecule has 0 saturated carbocycles. The number of rotatable bonds is 5.